The van der Waals surface area contributed by atoms with Crippen LogP contribution in [-0.2, 0) is 0 Å². The van der Waals surface area contributed by atoms with Gasteiger partial charge in [0.1, 0.15) is 0 Å². The van der Waals surface area contributed by atoms with E-state index in [0.29, 0.717) is 5.92 Å². The number of nitrogens with one attached hydrogen (secondary N) is 1. The maximum absolute atomic E-state index is 11.3. The molecule has 0 amide bonds. The van der Waals surface area contributed by atoms with Crippen molar-refractivity contribution in [2.24, 2.45) is 0 Å². The highest BCUT2D eigenvalue weighted by molar-refractivity contribution is 7.17. The number of carbonyl (C=O) groups excluding carboxylic acids is 1. The molecule has 1 aromatic carbocycles. The van der Waals surface area contributed by atoms with Crippen molar-refractivity contribution in [1.29, 1.82) is 0 Å². The predicted octanol–water partition coefficient (Wildman–Crippen LogP) is 6.41. The molecule has 1 aliphatic rings. The number of aldehydes is 1. The molecule has 4 heteroatoms. The van der Waals surface area contributed by atoms with Crippen molar-refractivity contribution in [3.05, 3.63) is 45.8 Å². The van der Waals surface area contributed by atoms with Gasteiger partial charge in [-0.05, 0) is 42.0 Å². The minimum absolute atomic E-state index is 0.585. The number of H-pyrrole nitrogens is 1. The maximum Gasteiger partial charge on any atom is 0.153 e. The molecule has 2 aromatic heterocycles. The summed E-state index contributed by atoms with van der Waals surface area (Å²) in [5.74, 6) is 0.585. The van der Waals surface area contributed by atoms with Gasteiger partial charge in [0, 0.05) is 16.0 Å². The van der Waals surface area contributed by atoms with Crippen LogP contribution < -0.4 is 0 Å². The summed E-state index contributed by atoms with van der Waals surface area (Å²) in [5, 5.41) is 2.71. The van der Waals surface area contributed by atoms with E-state index >= 15 is 0 Å². The van der Waals surface area contributed by atoms with E-state index in [-0.39, 0.29) is 0 Å². The summed E-state index contributed by atoms with van der Waals surface area (Å²) >= 11 is 7.73. The first kappa shape index (κ1) is 15.0. The Labute approximate surface area is 144 Å². The zero-order chi connectivity index (χ0) is 15.8. The van der Waals surface area contributed by atoms with Crippen LogP contribution in [0.3, 0.4) is 0 Å². The van der Waals surface area contributed by atoms with E-state index in [1.54, 1.807) is 11.3 Å². The highest BCUT2D eigenvalue weighted by Crippen LogP contribution is 2.44. The average molecular weight is 344 g/mol. The lowest BCUT2D eigenvalue weighted by Crippen LogP contribution is -2.05. The van der Waals surface area contributed by atoms with Gasteiger partial charge in [0.15, 0.2) is 6.29 Å². The maximum atomic E-state index is 11.3. The lowest BCUT2D eigenvalue weighted by Gasteiger charge is -2.22. The lowest BCUT2D eigenvalue weighted by molar-refractivity contribution is 0.112. The molecule has 0 spiro atoms. The van der Waals surface area contributed by atoms with E-state index in [1.807, 2.05) is 17.5 Å². The Morgan fingerprint density at radius 1 is 1.13 bits per heavy atom. The van der Waals surface area contributed by atoms with Crippen LogP contribution in [0.4, 0.5) is 0 Å². The van der Waals surface area contributed by atoms with Gasteiger partial charge >= 0.3 is 0 Å². The molecule has 0 atom stereocenters. The lowest BCUT2D eigenvalue weighted by atomic mass is 9.83. The summed E-state index contributed by atoms with van der Waals surface area (Å²) in [6, 6.07) is 7.98. The number of thiophene rings is 1. The summed E-state index contributed by atoms with van der Waals surface area (Å²) in [5.41, 5.74) is 5.48. The zero-order valence-electron chi connectivity index (χ0n) is 12.8. The van der Waals surface area contributed by atoms with Crippen LogP contribution in [0.25, 0.3) is 21.5 Å². The highest BCUT2D eigenvalue weighted by atomic mass is 35.5. The fourth-order valence-electron chi connectivity index (χ4n) is 3.72. The van der Waals surface area contributed by atoms with Crippen molar-refractivity contribution in [3.8, 4) is 11.3 Å². The van der Waals surface area contributed by atoms with Crippen molar-refractivity contribution in [2.45, 2.75) is 38.0 Å². The van der Waals surface area contributed by atoms with Gasteiger partial charge in [0.2, 0.25) is 0 Å². The van der Waals surface area contributed by atoms with Crippen LogP contribution in [-0.4, -0.2) is 11.3 Å². The van der Waals surface area contributed by atoms with Crippen LogP contribution in [0.1, 0.15) is 53.9 Å². The summed E-state index contributed by atoms with van der Waals surface area (Å²) in [7, 11) is 0. The molecule has 0 aliphatic heterocycles. The number of rotatable bonds is 3. The molecule has 0 radical (unpaired) electrons. The largest absolute Gasteiger partial charge is 0.353 e. The number of fused-ring (bicyclic) bond motifs is 1. The van der Waals surface area contributed by atoms with Gasteiger partial charge < -0.3 is 4.98 Å². The van der Waals surface area contributed by atoms with Gasteiger partial charge in [-0.25, -0.2) is 0 Å². The Morgan fingerprint density at radius 2 is 1.87 bits per heavy atom. The first-order valence-corrected chi connectivity index (χ1v) is 9.38. The molecular formula is C19H18ClNOS. The van der Waals surface area contributed by atoms with Crippen molar-refractivity contribution in [3.63, 3.8) is 0 Å². The third-order valence-electron chi connectivity index (χ3n) is 4.86. The molecule has 3 aromatic rings. The number of carbonyl (C=O) groups is 1. The third kappa shape index (κ3) is 2.62. The van der Waals surface area contributed by atoms with Gasteiger partial charge in [-0.3, -0.25) is 4.79 Å². The van der Waals surface area contributed by atoms with Crippen LogP contribution in [0, 0.1) is 0 Å². The number of aromatic nitrogens is 1. The van der Waals surface area contributed by atoms with E-state index < -0.39 is 0 Å². The van der Waals surface area contributed by atoms with Crippen LogP contribution in [0.5, 0.6) is 0 Å². The summed E-state index contributed by atoms with van der Waals surface area (Å²) < 4.78 is 1.25. The highest BCUT2D eigenvalue weighted by Gasteiger charge is 2.25. The normalized spacial score (nSPS) is 16.0. The van der Waals surface area contributed by atoms with Crippen molar-refractivity contribution >= 4 is 39.4 Å². The fourth-order valence-corrected chi connectivity index (χ4v) is 4.94. The Bertz CT molecular complexity index is 840. The molecule has 0 unspecified atom stereocenters. The van der Waals surface area contributed by atoms with E-state index in [9.17, 15) is 4.79 Å². The second kappa shape index (κ2) is 6.14. The number of aromatic amines is 1. The Hall–Kier alpha value is -1.58. The molecule has 118 valence electrons. The summed E-state index contributed by atoms with van der Waals surface area (Å²) in [4.78, 5) is 14.9. The van der Waals surface area contributed by atoms with Crippen LogP contribution in [0.15, 0.2) is 29.6 Å². The molecule has 2 heterocycles. The van der Waals surface area contributed by atoms with Crippen molar-refractivity contribution < 1.29 is 4.79 Å². The molecule has 1 N–H and O–H groups in total. The Balaban J connectivity index is 1.92. The standard InChI is InChI=1S/C19H18ClNOS/c20-15-8-6-13(7-9-15)17-16(12-4-2-1-3-5-12)19-18(21-17)14(10-22)11-23-19/h6-12,21H,1-5H2. The number of hydrogen-bond acceptors (Lipinski definition) is 2. The minimum Gasteiger partial charge on any atom is -0.353 e. The van der Waals surface area contributed by atoms with E-state index in [1.165, 1.54) is 48.1 Å². The Morgan fingerprint density at radius 3 is 2.57 bits per heavy atom. The van der Waals surface area contributed by atoms with Crippen molar-refractivity contribution in [2.75, 3.05) is 0 Å². The smallest absolute Gasteiger partial charge is 0.153 e. The first-order chi connectivity index (χ1) is 11.3. The fraction of sp³-hybridized carbons (Fsp3) is 0.316. The van der Waals surface area contributed by atoms with Crippen LogP contribution >= 0.6 is 22.9 Å². The molecule has 1 aliphatic carbocycles. The molecule has 1 saturated carbocycles. The van der Waals surface area contributed by atoms with Crippen LogP contribution in [0.2, 0.25) is 5.02 Å². The predicted molar refractivity (Wildman–Crippen MR) is 97.8 cm³/mol. The number of hydrogen-bond donors (Lipinski definition) is 1. The monoisotopic (exact) mass is 343 g/mol. The number of benzene rings is 1. The molecule has 23 heavy (non-hydrogen) atoms. The number of halogens is 1. The molecule has 2 nitrogen and oxygen atoms in total. The van der Waals surface area contributed by atoms with Gasteiger partial charge in [-0.2, -0.15) is 0 Å². The zero-order valence-corrected chi connectivity index (χ0v) is 14.3. The molecular weight excluding hydrogens is 326 g/mol. The third-order valence-corrected chi connectivity index (χ3v) is 6.14. The first-order valence-electron chi connectivity index (χ1n) is 8.12. The van der Waals surface area contributed by atoms with E-state index in [2.05, 4.69) is 17.1 Å². The minimum atomic E-state index is 0.585. The van der Waals surface area contributed by atoms with Gasteiger partial charge in [-0.15, -0.1) is 11.3 Å². The molecule has 0 saturated heterocycles. The SMILES string of the molecule is O=Cc1csc2c(C3CCCCC3)c(-c3ccc(Cl)cc3)[nH]c12. The molecule has 0 bridgehead atoms. The average Bonchev–Trinajstić information content (AvgIpc) is 3.15. The summed E-state index contributed by atoms with van der Waals surface area (Å²) in [6.45, 7) is 0. The quantitative estimate of drug-likeness (QED) is 0.547. The van der Waals surface area contributed by atoms with Gasteiger partial charge in [0.25, 0.3) is 0 Å². The second-order valence-corrected chi connectivity index (χ2v) is 7.58. The second-order valence-electron chi connectivity index (χ2n) is 6.27. The topological polar surface area (TPSA) is 32.9 Å². The van der Waals surface area contributed by atoms with Crippen molar-refractivity contribution in [1.82, 2.24) is 4.98 Å². The molecule has 1 fully saturated rings. The van der Waals surface area contributed by atoms with Gasteiger partial charge in [-0.1, -0.05) is 43.0 Å². The van der Waals surface area contributed by atoms with E-state index in [0.717, 1.165) is 28.0 Å². The summed E-state index contributed by atoms with van der Waals surface area (Å²) in [6.07, 6.45) is 7.35. The molecule has 4 rings (SSSR count). The Kier molecular flexibility index (Phi) is 4.00. The van der Waals surface area contributed by atoms with E-state index in [4.69, 9.17) is 11.6 Å². The van der Waals surface area contributed by atoms with Gasteiger partial charge in [0.05, 0.1) is 15.9 Å².